The minimum Gasteiger partial charge on any atom is -0.482 e. The van der Waals surface area contributed by atoms with Gasteiger partial charge in [-0.1, -0.05) is 18.2 Å². The highest BCUT2D eigenvalue weighted by Crippen LogP contribution is 2.16. The first-order valence-corrected chi connectivity index (χ1v) is 5.81. The third kappa shape index (κ3) is 2.89. The van der Waals surface area contributed by atoms with Gasteiger partial charge >= 0.3 is 5.97 Å². The van der Waals surface area contributed by atoms with Crippen LogP contribution in [0.4, 0.5) is 0 Å². The lowest BCUT2D eigenvalue weighted by molar-refractivity contribution is -0.141. The van der Waals surface area contributed by atoms with Crippen molar-refractivity contribution in [3.8, 4) is 5.75 Å². The Bertz CT molecular complexity index is 556. The highest BCUT2D eigenvalue weighted by molar-refractivity contribution is 5.93. The summed E-state index contributed by atoms with van der Waals surface area (Å²) in [4.78, 5) is 16.1. The molecular formula is C13H15N3O4. The molecule has 0 aliphatic carbocycles. The van der Waals surface area contributed by atoms with Crippen molar-refractivity contribution in [3.63, 3.8) is 0 Å². The number of aliphatic imine (C=N–C) groups is 1. The van der Waals surface area contributed by atoms with Crippen molar-refractivity contribution >= 4 is 11.9 Å². The largest absolute Gasteiger partial charge is 0.482 e. The predicted molar refractivity (Wildman–Crippen MR) is 71.7 cm³/mol. The zero-order valence-electron chi connectivity index (χ0n) is 11.1. The number of rotatable bonds is 3. The minimum absolute atomic E-state index is 0.160. The topological polar surface area (TPSA) is 95.2 Å². The third-order valence-electron chi connectivity index (χ3n) is 2.55. The number of esters is 1. The van der Waals surface area contributed by atoms with Crippen LogP contribution in [0.5, 0.6) is 5.75 Å². The first-order chi connectivity index (χ1) is 9.57. The Kier molecular flexibility index (Phi) is 3.90. The molecule has 1 aromatic carbocycles. The van der Waals surface area contributed by atoms with Crippen LogP contribution in [0.1, 0.15) is 0 Å². The monoisotopic (exact) mass is 277 g/mol. The van der Waals surface area contributed by atoms with Crippen LogP contribution in [0.2, 0.25) is 0 Å². The Morgan fingerprint density at radius 2 is 1.95 bits per heavy atom. The first-order valence-electron chi connectivity index (χ1n) is 5.81. The lowest BCUT2D eigenvalue weighted by Crippen LogP contribution is -2.61. The Morgan fingerprint density at radius 1 is 1.25 bits per heavy atom. The van der Waals surface area contributed by atoms with Crippen LogP contribution >= 0.6 is 0 Å². The number of methoxy groups -OCH3 is 2. The highest BCUT2D eigenvalue weighted by Gasteiger charge is 2.40. The van der Waals surface area contributed by atoms with E-state index < -0.39 is 11.8 Å². The van der Waals surface area contributed by atoms with Crippen molar-refractivity contribution in [1.82, 2.24) is 5.32 Å². The molecule has 7 nitrogen and oxygen atoms in total. The van der Waals surface area contributed by atoms with E-state index in [1.165, 1.54) is 20.3 Å². The smallest absolute Gasteiger partial charge is 0.376 e. The molecule has 20 heavy (non-hydrogen) atoms. The molecule has 1 aromatic rings. The molecule has 0 fully saturated rings. The van der Waals surface area contributed by atoms with Crippen LogP contribution in [-0.2, 0) is 14.3 Å². The van der Waals surface area contributed by atoms with Gasteiger partial charge < -0.3 is 19.5 Å². The van der Waals surface area contributed by atoms with E-state index in [9.17, 15) is 4.79 Å². The van der Waals surface area contributed by atoms with E-state index in [-0.39, 0.29) is 11.8 Å². The molecule has 0 aromatic heterocycles. The number of carbonyl (C=O) groups is 1. The zero-order chi connectivity index (χ0) is 14.6. The van der Waals surface area contributed by atoms with Crippen molar-refractivity contribution in [2.24, 2.45) is 10.7 Å². The molecule has 7 heteroatoms. The Labute approximate surface area is 116 Å². The minimum atomic E-state index is -1.80. The average Bonchev–Trinajstić information content (AvgIpc) is 2.47. The molecule has 0 saturated carbocycles. The molecule has 0 saturated heterocycles. The van der Waals surface area contributed by atoms with Gasteiger partial charge in [0.05, 0.1) is 20.3 Å². The third-order valence-corrected chi connectivity index (χ3v) is 2.55. The fraction of sp³-hybridized carbons (Fsp3) is 0.231. The van der Waals surface area contributed by atoms with Crippen LogP contribution in [0, 0.1) is 0 Å². The van der Waals surface area contributed by atoms with Crippen molar-refractivity contribution in [1.29, 1.82) is 0 Å². The van der Waals surface area contributed by atoms with E-state index in [1.54, 1.807) is 30.3 Å². The summed E-state index contributed by atoms with van der Waals surface area (Å²) in [6, 6.07) is 8.56. The molecule has 3 N–H and O–H groups in total. The second-order valence-electron chi connectivity index (χ2n) is 3.96. The van der Waals surface area contributed by atoms with E-state index in [0.29, 0.717) is 5.75 Å². The second-order valence-corrected chi connectivity index (χ2v) is 3.96. The summed E-state index contributed by atoms with van der Waals surface area (Å²) < 4.78 is 15.2. The maximum Gasteiger partial charge on any atom is 0.376 e. The quantitative estimate of drug-likeness (QED) is 0.611. The number of hydrogen-bond donors (Lipinski definition) is 2. The number of ether oxygens (including phenoxy) is 3. The SMILES string of the molecule is COC1=CC(OC)=NC(N)(C(=O)Oc2ccccc2)N1. The number of carbonyl (C=O) groups excluding carboxylic acids is 1. The van der Waals surface area contributed by atoms with Gasteiger partial charge in [0.15, 0.2) is 5.88 Å². The summed E-state index contributed by atoms with van der Waals surface area (Å²) in [5.41, 5.74) is 5.91. The number of hydrogen-bond acceptors (Lipinski definition) is 7. The van der Waals surface area contributed by atoms with Gasteiger partial charge in [0.2, 0.25) is 5.90 Å². The maximum absolute atomic E-state index is 12.2. The van der Waals surface area contributed by atoms with Crippen LogP contribution in [0.25, 0.3) is 0 Å². The Balaban J connectivity index is 2.20. The van der Waals surface area contributed by atoms with Gasteiger partial charge in [0, 0.05) is 0 Å². The predicted octanol–water partition coefficient (Wildman–Crippen LogP) is 0.340. The van der Waals surface area contributed by atoms with Crippen molar-refractivity contribution in [3.05, 3.63) is 42.3 Å². The molecular weight excluding hydrogens is 262 g/mol. The van der Waals surface area contributed by atoms with Crippen LogP contribution in [-0.4, -0.2) is 31.9 Å². The molecule has 1 heterocycles. The molecule has 1 aliphatic heterocycles. The number of nitrogens with two attached hydrogens (primary N) is 1. The lowest BCUT2D eigenvalue weighted by atomic mass is 10.3. The van der Waals surface area contributed by atoms with Gasteiger partial charge in [-0.2, -0.15) is 4.99 Å². The summed E-state index contributed by atoms with van der Waals surface area (Å²) in [6.07, 6.45) is 1.47. The zero-order valence-corrected chi connectivity index (χ0v) is 11.1. The lowest BCUT2D eigenvalue weighted by Gasteiger charge is -2.28. The van der Waals surface area contributed by atoms with E-state index in [0.717, 1.165) is 0 Å². The fourth-order valence-corrected chi connectivity index (χ4v) is 1.55. The van der Waals surface area contributed by atoms with Gasteiger partial charge in [0.25, 0.3) is 5.79 Å². The molecule has 106 valence electrons. The average molecular weight is 277 g/mol. The van der Waals surface area contributed by atoms with Crippen molar-refractivity contribution < 1.29 is 19.0 Å². The standard InChI is InChI=1S/C13H15N3O4/c1-18-10-8-11(19-2)16-13(14,15-10)12(17)20-9-6-4-3-5-7-9/h3-8,15H,14H2,1-2H3. The van der Waals surface area contributed by atoms with Gasteiger partial charge in [-0.25, -0.2) is 4.79 Å². The van der Waals surface area contributed by atoms with E-state index >= 15 is 0 Å². The maximum atomic E-state index is 12.2. The molecule has 0 spiro atoms. The van der Waals surface area contributed by atoms with Crippen molar-refractivity contribution in [2.45, 2.75) is 5.79 Å². The Hall–Kier alpha value is -2.54. The van der Waals surface area contributed by atoms with E-state index in [4.69, 9.17) is 19.9 Å². The summed E-state index contributed by atoms with van der Waals surface area (Å²) in [5.74, 6) is -1.80. The van der Waals surface area contributed by atoms with Gasteiger partial charge in [-0.3, -0.25) is 5.73 Å². The van der Waals surface area contributed by atoms with Crippen LogP contribution in [0.3, 0.4) is 0 Å². The number of para-hydroxylation sites is 1. The van der Waals surface area contributed by atoms with E-state index in [2.05, 4.69) is 10.3 Å². The van der Waals surface area contributed by atoms with Gasteiger partial charge in [0.1, 0.15) is 5.75 Å². The number of benzene rings is 1. The van der Waals surface area contributed by atoms with Gasteiger partial charge in [-0.05, 0) is 12.1 Å². The summed E-state index contributed by atoms with van der Waals surface area (Å²) in [5, 5.41) is 2.64. The molecule has 1 atom stereocenters. The number of nitrogens with one attached hydrogen (secondary N) is 1. The normalized spacial score (nSPS) is 21.1. The van der Waals surface area contributed by atoms with E-state index in [1.807, 2.05) is 0 Å². The molecule has 1 aliphatic rings. The Morgan fingerprint density at radius 3 is 2.55 bits per heavy atom. The second kappa shape index (κ2) is 5.62. The number of nitrogens with zero attached hydrogens (tertiary/aromatic N) is 1. The summed E-state index contributed by atoms with van der Waals surface area (Å²) >= 11 is 0. The van der Waals surface area contributed by atoms with Gasteiger partial charge in [-0.15, -0.1) is 0 Å². The molecule has 0 bridgehead atoms. The fourth-order valence-electron chi connectivity index (χ4n) is 1.55. The summed E-state index contributed by atoms with van der Waals surface area (Å²) in [6.45, 7) is 0. The molecule has 2 rings (SSSR count). The van der Waals surface area contributed by atoms with Crippen molar-refractivity contribution in [2.75, 3.05) is 14.2 Å². The molecule has 1 unspecified atom stereocenters. The highest BCUT2D eigenvalue weighted by atomic mass is 16.5. The first kappa shape index (κ1) is 13.9. The molecule has 0 radical (unpaired) electrons. The van der Waals surface area contributed by atoms with Crippen LogP contribution < -0.4 is 15.8 Å². The summed E-state index contributed by atoms with van der Waals surface area (Å²) in [7, 11) is 2.84. The molecule has 0 amide bonds. The van der Waals surface area contributed by atoms with Crippen LogP contribution in [0.15, 0.2) is 47.3 Å².